The number of esters is 1. The van der Waals surface area contributed by atoms with Gasteiger partial charge in [-0.3, -0.25) is 14.4 Å². The Morgan fingerprint density at radius 3 is 2.76 bits per heavy atom. The van der Waals surface area contributed by atoms with Gasteiger partial charge in [-0.2, -0.15) is 0 Å². The van der Waals surface area contributed by atoms with E-state index in [-0.39, 0.29) is 37.6 Å². The van der Waals surface area contributed by atoms with Gasteiger partial charge < -0.3 is 24.4 Å². The molecule has 1 unspecified atom stereocenters. The fourth-order valence-corrected chi connectivity index (χ4v) is 5.07. The fraction of sp³-hybridized carbons (Fsp3) is 0.667. The molecule has 158 valence electrons. The van der Waals surface area contributed by atoms with Crippen LogP contribution in [0.3, 0.4) is 0 Å². The first kappa shape index (κ1) is 20.1. The Kier molecular flexibility index (Phi) is 5.25. The van der Waals surface area contributed by atoms with E-state index >= 15 is 0 Å². The lowest BCUT2D eigenvalue weighted by molar-refractivity contribution is -0.155. The summed E-state index contributed by atoms with van der Waals surface area (Å²) in [5.41, 5.74) is -1.21. The van der Waals surface area contributed by atoms with Crippen molar-refractivity contribution in [2.75, 3.05) is 26.3 Å². The SMILES string of the molecule is CC(C)N1CC=C[C@]23O[C@@H]4C=CCCOC(=O)[C@@H]4[C@H]2C(=O)N(CCCO)C3C1=O. The molecule has 4 heterocycles. The number of cyclic esters (lactones) is 1. The number of carbonyl (C=O) groups excluding carboxylic acids is 3. The number of aliphatic hydroxyl groups is 1. The quantitative estimate of drug-likeness (QED) is 0.533. The Labute approximate surface area is 170 Å². The van der Waals surface area contributed by atoms with E-state index in [0.717, 1.165) is 0 Å². The van der Waals surface area contributed by atoms with Crippen molar-refractivity contribution >= 4 is 17.8 Å². The summed E-state index contributed by atoms with van der Waals surface area (Å²) in [5, 5.41) is 9.31. The molecular formula is C21H28N2O6. The molecule has 0 aromatic rings. The molecule has 2 amide bonds. The topological polar surface area (TPSA) is 96.4 Å². The normalized spacial score (nSPS) is 36.5. The maximum atomic E-state index is 13.6. The van der Waals surface area contributed by atoms with E-state index in [2.05, 4.69) is 0 Å². The highest BCUT2D eigenvalue weighted by Gasteiger charge is 2.71. The molecule has 2 fully saturated rings. The van der Waals surface area contributed by atoms with Gasteiger partial charge in [0.05, 0.1) is 18.6 Å². The minimum absolute atomic E-state index is 0.0453. The van der Waals surface area contributed by atoms with Gasteiger partial charge in [0.15, 0.2) is 0 Å². The van der Waals surface area contributed by atoms with Crippen molar-refractivity contribution in [2.45, 2.75) is 50.5 Å². The van der Waals surface area contributed by atoms with Crippen molar-refractivity contribution in [1.82, 2.24) is 9.80 Å². The first-order valence-corrected chi connectivity index (χ1v) is 10.3. The van der Waals surface area contributed by atoms with Gasteiger partial charge in [-0.1, -0.05) is 24.3 Å². The van der Waals surface area contributed by atoms with Gasteiger partial charge in [-0.25, -0.2) is 0 Å². The minimum Gasteiger partial charge on any atom is -0.465 e. The third-order valence-corrected chi connectivity index (χ3v) is 6.33. The van der Waals surface area contributed by atoms with Gasteiger partial charge in [0.25, 0.3) is 0 Å². The zero-order valence-electron chi connectivity index (χ0n) is 16.8. The highest BCUT2D eigenvalue weighted by Crippen LogP contribution is 2.53. The molecule has 8 heteroatoms. The monoisotopic (exact) mass is 404 g/mol. The number of hydrogen-bond donors (Lipinski definition) is 1. The second kappa shape index (κ2) is 7.57. The molecule has 4 rings (SSSR count). The van der Waals surface area contributed by atoms with Gasteiger partial charge in [0.2, 0.25) is 11.8 Å². The summed E-state index contributed by atoms with van der Waals surface area (Å²) in [6.07, 6.45) is 7.72. The Hall–Kier alpha value is -2.19. The van der Waals surface area contributed by atoms with Crippen LogP contribution in [-0.2, 0) is 23.9 Å². The number of rotatable bonds is 4. The fourth-order valence-electron chi connectivity index (χ4n) is 5.07. The summed E-state index contributed by atoms with van der Waals surface area (Å²) in [6.45, 7) is 4.68. The minimum atomic E-state index is -1.21. The molecule has 8 nitrogen and oxygen atoms in total. The van der Waals surface area contributed by atoms with Crippen LogP contribution in [0.5, 0.6) is 0 Å². The average molecular weight is 404 g/mol. The first-order valence-electron chi connectivity index (χ1n) is 10.3. The Balaban J connectivity index is 1.82. The second-order valence-corrected chi connectivity index (χ2v) is 8.32. The number of aliphatic hydroxyl groups excluding tert-OH is 1. The molecule has 0 saturated carbocycles. The number of amides is 2. The van der Waals surface area contributed by atoms with Gasteiger partial charge in [-0.15, -0.1) is 0 Å². The van der Waals surface area contributed by atoms with Crippen LogP contribution in [0.4, 0.5) is 0 Å². The van der Waals surface area contributed by atoms with Crippen LogP contribution in [-0.4, -0.2) is 82.8 Å². The van der Waals surface area contributed by atoms with Crippen molar-refractivity contribution < 1.29 is 29.0 Å². The summed E-state index contributed by atoms with van der Waals surface area (Å²) < 4.78 is 11.8. The van der Waals surface area contributed by atoms with E-state index < -0.39 is 35.6 Å². The lowest BCUT2D eigenvalue weighted by Gasteiger charge is -2.36. The molecule has 0 aliphatic carbocycles. The Bertz CT molecular complexity index is 762. The number of hydrogen-bond acceptors (Lipinski definition) is 6. The Morgan fingerprint density at radius 2 is 2.03 bits per heavy atom. The van der Waals surface area contributed by atoms with E-state index in [1.54, 1.807) is 4.90 Å². The zero-order chi connectivity index (χ0) is 20.8. The third-order valence-electron chi connectivity index (χ3n) is 6.33. The van der Waals surface area contributed by atoms with Crippen LogP contribution >= 0.6 is 0 Å². The summed E-state index contributed by atoms with van der Waals surface area (Å²) in [4.78, 5) is 43.1. The van der Waals surface area contributed by atoms with Crippen molar-refractivity contribution in [3.8, 4) is 0 Å². The standard InChI is InChI=1S/C21H28N2O6/c1-13(2)22-9-5-8-21-16(15-14(29-21)7-3-4-12-28-20(15)27)18(25)23(10-6-11-24)17(21)19(22)26/h3,5,7-8,13-17,24H,4,6,9-12H2,1-2H3/t14-,15+,16+,17?,21+/m1/s1. The van der Waals surface area contributed by atoms with E-state index in [0.29, 0.717) is 19.4 Å². The van der Waals surface area contributed by atoms with Crippen LogP contribution in [0.2, 0.25) is 0 Å². The van der Waals surface area contributed by atoms with Crippen molar-refractivity contribution in [1.29, 1.82) is 0 Å². The predicted molar refractivity (Wildman–Crippen MR) is 102 cm³/mol. The highest BCUT2D eigenvalue weighted by atomic mass is 16.6. The van der Waals surface area contributed by atoms with Gasteiger partial charge >= 0.3 is 5.97 Å². The lowest BCUT2D eigenvalue weighted by Crippen LogP contribution is -2.56. The molecule has 1 N–H and O–H groups in total. The van der Waals surface area contributed by atoms with Crippen molar-refractivity contribution in [2.24, 2.45) is 11.8 Å². The predicted octanol–water partition coefficient (Wildman–Crippen LogP) is 0.260. The summed E-state index contributed by atoms with van der Waals surface area (Å²) >= 11 is 0. The molecular weight excluding hydrogens is 376 g/mol. The molecule has 0 aromatic carbocycles. The molecule has 5 atom stereocenters. The van der Waals surface area contributed by atoms with E-state index in [1.807, 2.05) is 38.2 Å². The summed E-state index contributed by atoms with van der Waals surface area (Å²) in [5.74, 6) is -2.54. The second-order valence-electron chi connectivity index (χ2n) is 8.32. The lowest BCUT2D eigenvalue weighted by atomic mass is 9.77. The van der Waals surface area contributed by atoms with Crippen LogP contribution in [0.1, 0.15) is 26.7 Å². The van der Waals surface area contributed by atoms with E-state index in [1.165, 1.54) is 4.90 Å². The summed E-state index contributed by atoms with van der Waals surface area (Å²) in [6, 6.07) is -0.904. The molecule has 4 aliphatic heterocycles. The smallest absolute Gasteiger partial charge is 0.312 e. The highest BCUT2D eigenvalue weighted by molar-refractivity contribution is 5.99. The largest absolute Gasteiger partial charge is 0.465 e. The van der Waals surface area contributed by atoms with Gasteiger partial charge in [0.1, 0.15) is 17.6 Å². The molecule has 2 saturated heterocycles. The molecule has 1 spiro atoms. The van der Waals surface area contributed by atoms with Crippen LogP contribution in [0.25, 0.3) is 0 Å². The molecule has 29 heavy (non-hydrogen) atoms. The number of likely N-dealkylation sites (tertiary alicyclic amines) is 1. The molecule has 0 aromatic heterocycles. The van der Waals surface area contributed by atoms with Crippen LogP contribution < -0.4 is 0 Å². The number of ether oxygens (including phenoxy) is 2. The number of nitrogens with zero attached hydrogens (tertiary/aromatic N) is 2. The van der Waals surface area contributed by atoms with Crippen LogP contribution in [0, 0.1) is 11.8 Å². The first-order chi connectivity index (χ1) is 13.9. The number of carbonyl (C=O) groups is 3. The molecule has 0 radical (unpaired) electrons. The van der Waals surface area contributed by atoms with E-state index in [9.17, 15) is 19.5 Å². The summed E-state index contributed by atoms with van der Waals surface area (Å²) in [7, 11) is 0. The zero-order valence-corrected chi connectivity index (χ0v) is 16.8. The van der Waals surface area contributed by atoms with Crippen LogP contribution in [0.15, 0.2) is 24.3 Å². The molecule has 4 aliphatic rings. The Morgan fingerprint density at radius 1 is 1.24 bits per heavy atom. The number of fused-ring (bicyclic) bond motifs is 2. The average Bonchev–Trinajstić information content (AvgIpc) is 3.04. The van der Waals surface area contributed by atoms with E-state index in [4.69, 9.17) is 9.47 Å². The maximum absolute atomic E-state index is 13.6. The molecule has 0 bridgehead atoms. The maximum Gasteiger partial charge on any atom is 0.312 e. The third kappa shape index (κ3) is 3.00. The van der Waals surface area contributed by atoms with Crippen molar-refractivity contribution in [3.05, 3.63) is 24.3 Å². The van der Waals surface area contributed by atoms with Crippen molar-refractivity contribution in [3.63, 3.8) is 0 Å². The van der Waals surface area contributed by atoms with Gasteiger partial charge in [0, 0.05) is 25.7 Å². The van der Waals surface area contributed by atoms with Gasteiger partial charge in [-0.05, 0) is 26.7 Å².